The molecular weight excluding hydrogens is 236 g/mol. The van der Waals surface area contributed by atoms with Gasteiger partial charge in [0.15, 0.2) is 0 Å². The van der Waals surface area contributed by atoms with Gasteiger partial charge in [-0.05, 0) is 39.3 Å². The number of ether oxygens (including phenoxy) is 1. The molecule has 0 amide bonds. The van der Waals surface area contributed by atoms with Crippen LogP contribution in [0.5, 0.6) is 5.75 Å². The van der Waals surface area contributed by atoms with E-state index in [1.807, 2.05) is 18.2 Å². The van der Waals surface area contributed by atoms with Gasteiger partial charge in [0.2, 0.25) is 0 Å². The van der Waals surface area contributed by atoms with Gasteiger partial charge in [0.1, 0.15) is 5.75 Å². The molecule has 1 rings (SSSR count). The van der Waals surface area contributed by atoms with Crippen LogP contribution in [0.2, 0.25) is 0 Å². The molecule has 2 N–H and O–H groups in total. The SMILES string of the molecule is CCCCOc1ccccc1NCCNC(C)(C)C. The van der Waals surface area contributed by atoms with E-state index in [4.69, 9.17) is 4.74 Å². The van der Waals surface area contributed by atoms with Crippen molar-refractivity contribution < 1.29 is 4.74 Å². The van der Waals surface area contributed by atoms with E-state index in [0.717, 1.165) is 44.0 Å². The number of unbranched alkanes of at least 4 members (excludes halogenated alkanes) is 1. The summed E-state index contributed by atoms with van der Waals surface area (Å²) in [6, 6.07) is 8.14. The van der Waals surface area contributed by atoms with E-state index in [0.29, 0.717) is 0 Å². The summed E-state index contributed by atoms with van der Waals surface area (Å²) >= 11 is 0. The molecule has 1 aromatic carbocycles. The minimum atomic E-state index is 0.165. The second kappa shape index (κ2) is 8.05. The molecule has 0 saturated heterocycles. The fourth-order valence-corrected chi connectivity index (χ4v) is 1.70. The Labute approximate surface area is 117 Å². The second-order valence-electron chi connectivity index (χ2n) is 5.80. The molecule has 0 fully saturated rings. The van der Waals surface area contributed by atoms with Gasteiger partial charge in [-0.15, -0.1) is 0 Å². The Morgan fingerprint density at radius 3 is 2.53 bits per heavy atom. The quantitative estimate of drug-likeness (QED) is 0.703. The Bertz CT molecular complexity index is 358. The molecule has 1 aromatic rings. The predicted molar refractivity (Wildman–Crippen MR) is 83.1 cm³/mol. The Hall–Kier alpha value is -1.22. The summed E-state index contributed by atoms with van der Waals surface area (Å²) in [7, 11) is 0. The van der Waals surface area contributed by atoms with Crippen LogP contribution in [-0.4, -0.2) is 25.2 Å². The molecular formula is C16H28N2O. The van der Waals surface area contributed by atoms with Crippen LogP contribution < -0.4 is 15.4 Å². The van der Waals surface area contributed by atoms with Gasteiger partial charge in [0.25, 0.3) is 0 Å². The molecule has 3 nitrogen and oxygen atoms in total. The van der Waals surface area contributed by atoms with E-state index >= 15 is 0 Å². The van der Waals surface area contributed by atoms with Crippen LogP contribution in [0.4, 0.5) is 5.69 Å². The molecule has 0 aromatic heterocycles. The summed E-state index contributed by atoms with van der Waals surface area (Å²) in [5.41, 5.74) is 1.24. The average Bonchev–Trinajstić information content (AvgIpc) is 2.35. The highest BCUT2D eigenvalue weighted by Gasteiger charge is 2.07. The summed E-state index contributed by atoms with van der Waals surface area (Å²) in [4.78, 5) is 0. The smallest absolute Gasteiger partial charge is 0.142 e. The summed E-state index contributed by atoms with van der Waals surface area (Å²) in [6.07, 6.45) is 2.25. The van der Waals surface area contributed by atoms with Crippen molar-refractivity contribution in [1.82, 2.24) is 5.32 Å². The van der Waals surface area contributed by atoms with Crippen molar-refractivity contribution in [2.45, 2.75) is 46.1 Å². The van der Waals surface area contributed by atoms with E-state index < -0.39 is 0 Å². The number of para-hydroxylation sites is 2. The maximum atomic E-state index is 5.79. The normalized spacial score (nSPS) is 11.4. The van der Waals surface area contributed by atoms with Crippen LogP contribution >= 0.6 is 0 Å². The molecule has 0 saturated carbocycles. The first-order chi connectivity index (χ1) is 9.03. The van der Waals surface area contributed by atoms with Gasteiger partial charge in [-0.3, -0.25) is 0 Å². The summed E-state index contributed by atoms with van der Waals surface area (Å²) < 4.78 is 5.79. The van der Waals surface area contributed by atoms with Gasteiger partial charge in [0.05, 0.1) is 12.3 Å². The van der Waals surface area contributed by atoms with Gasteiger partial charge in [-0.25, -0.2) is 0 Å². The lowest BCUT2D eigenvalue weighted by molar-refractivity contribution is 0.310. The number of benzene rings is 1. The Morgan fingerprint density at radius 1 is 1.11 bits per heavy atom. The topological polar surface area (TPSA) is 33.3 Å². The van der Waals surface area contributed by atoms with E-state index in [1.54, 1.807) is 0 Å². The molecule has 0 aliphatic carbocycles. The number of rotatable bonds is 8. The third kappa shape index (κ3) is 7.06. The van der Waals surface area contributed by atoms with Crippen molar-refractivity contribution in [1.29, 1.82) is 0 Å². The maximum Gasteiger partial charge on any atom is 0.142 e. The largest absolute Gasteiger partial charge is 0.491 e. The number of hydrogen-bond acceptors (Lipinski definition) is 3. The lowest BCUT2D eigenvalue weighted by Gasteiger charge is -2.21. The number of nitrogens with one attached hydrogen (secondary N) is 2. The monoisotopic (exact) mass is 264 g/mol. The molecule has 3 heteroatoms. The van der Waals surface area contributed by atoms with Crippen molar-refractivity contribution in [2.75, 3.05) is 25.0 Å². The second-order valence-corrected chi connectivity index (χ2v) is 5.80. The highest BCUT2D eigenvalue weighted by atomic mass is 16.5. The van der Waals surface area contributed by atoms with Crippen molar-refractivity contribution in [3.05, 3.63) is 24.3 Å². The lowest BCUT2D eigenvalue weighted by atomic mass is 10.1. The Morgan fingerprint density at radius 2 is 1.84 bits per heavy atom. The maximum absolute atomic E-state index is 5.79. The van der Waals surface area contributed by atoms with Crippen LogP contribution in [0, 0.1) is 0 Å². The van der Waals surface area contributed by atoms with E-state index in [2.05, 4.69) is 44.4 Å². The Kier molecular flexibility index (Phi) is 6.71. The molecule has 0 unspecified atom stereocenters. The predicted octanol–water partition coefficient (Wildman–Crippen LogP) is 3.67. The summed E-state index contributed by atoms with van der Waals surface area (Å²) in [5.74, 6) is 0.951. The summed E-state index contributed by atoms with van der Waals surface area (Å²) in [6.45, 7) is 11.3. The minimum absolute atomic E-state index is 0.165. The highest BCUT2D eigenvalue weighted by Crippen LogP contribution is 2.23. The number of hydrogen-bond donors (Lipinski definition) is 2. The number of anilines is 1. The zero-order valence-corrected chi connectivity index (χ0v) is 12.8. The fourth-order valence-electron chi connectivity index (χ4n) is 1.70. The van der Waals surface area contributed by atoms with Crippen molar-refractivity contribution in [3.8, 4) is 5.75 Å². The first kappa shape index (κ1) is 15.8. The minimum Gasteiger partial charge on any atom is -0.491 e. The van der Waals surface area contributed by atoms with Crippen molar-refractivity contribution >= 4 is 5.69 Å². The zero-order chi connectivity index (χ0) is 14.1. The van der Waals surface area contributed by atoms with Crippen LogP contribution in [0.25, 0.3) is 0 Å². The van der Waals surface area contributed by atoms with Gasteiger partial charge < -0.3 is 15.4 Å². The van der Waals surface area contributed by atoms with E-state index in [-0.39, 0.29) is 5.54 Å². The first-order valence-corrected chi connectivity index (χ1v) is 7.23. The van der Waals surface area contributed by atoms with Crippen LogP contribution in [-0.2, 0) is 0 Å². The van der Waals surface area contributed by atoms with Crippen LogP contribution in [0.15, 0.2) is 24.3 Å². The molecule has 0 radical (unpaired) electrons. The average molecular weight is 264 g/mol. The van der Waals surface area contributed by atoms with Gasteiger partial charge in [-0.2, -0.15) is 0 Å². The van der Waals surface area contributed by atoms with Crippen molar-refractivity contribution in [3.63, 3.8) is 0 Å². The van der Waals surface area contributed by atoms with Gasteiger partial charge in [-0.1, -0.05) is 25.5 Å². The third-order valence-corrected chi connectivity index (χ3v) is 2.74. The molecule has 19 heavy (non-hydrogen) atoms. The molecule has 0 heterocycles. The molecule has 0 atom stereocenters. The standard InChI is InChI=1S/C16H28N2O/c1-5-6-13-19-15-10-8-7-9-14(15)17-11-12-18-16(2,3)4/h7-10,17-18H,5-6,11-13H2,1-4H3. The van der Waals surface area contributed by atoms with Gasteiger partial charge in [0, 0.05) is 18.6 Å². The molecule has 108 valence electrons. The Balaban J connectivity index is 2.39. The van der Waals surface area contributed by atoms with Gasteiger partial charge >= 0.3 is 0 Å². The van der Waals surface area contributed by atoms with Crippen LogP contribution in [0.3, 0.4) is 0 Å². The molecule has 0 aliphatic rings. The first-order valence-electron chi connectivity index (χ1n) is 7.23. The molecule has 0 aliphatic heterocycles. The lowest BCUT2D eigenvalue weighted by Crippen LogP contribution is -2.38. The van der Waals surface area contributed by atoms with E-state index in [9.17, 15) is 0 Å². The third-order valence-electron chi connectivity index (χ3n) is 2.74. The van der Waals surface area contributed by atoms with E-state index in [1.165, 1.54) is 0 Å². The van der Waals surface area contributed by atoms with Crippen molar-refractivity contribution in [2.24, 2.45) is 0 Å². The summed E-state index contributed by atoms with van der Waals surface area (Å²) in [5, 5.41) is 6.89. The molecule has 0 spiro atoms. The highest BCUT2D eigenvalue weighted by molar-refractivity contribution is 5.56. The fraction of sp³-hybridized carbons (Fsp3) is 0.625. The molecule has 0 bridgehead atoms. The van der Waals surface area contributed by atoms with Crippen LogP contribution in [0.1, 0.15) is 40.5 Å². The zero-order valence-electron chi connectivity index (χ0n) is 12.8.